The van der Waals surface area contributed by atoms with Gasteiger partial charge in [0.2, 0.25) is 0 Å². The minimum Gasteiger partial charge on any atom is -0.361 e. The van der Waals surface area contributed by atoms with Crippen LogP contribution in [0.4, 0.5) is 14.9 Å². The van der Waals surface area contributed by atoms with Crippen molar-refractivity contribution in [3.05, 3.63) is 66.1 Å². The molecule has 2 heterocycles. The highest BCUT2D eigenvalue weighted by atomic mass is 19.1. The van der Waals surface area contributed by atoms with Crippen molar-refractivity contribution in [2.75, 3.05) is 38.0 Å². The van der Waals surface area contributed by atoms with E-state index in [9.17, 15) is 9.18 Å². The molecule has 0 spiro atoms. The molecule has 0 saturated carbocycles. The Bertz CT molecular complexity index is 931. The molecule has 0 aliphatic carbocycles. The van der Waals surface area contributed by atoms with Gasteiger partial charge >= 0.3 is 6.03 Å². The number of piperazine rings is 1. The summed E-state index contributed by atoms with van der Waals surface area (Å²) in [6.45, 7) is 4.02. The molecule has 1 saturated heterocycles. The number of aromatic nitrogens is 1. The predicted octanol–water partition coefficient (Wildman–Crippen LogP) is 3.70. The third-order valence-electron chi connectivity index (χ3n) is 5.11. The van der Waals surface area contributed by atoms with Gasteiger partial charge in [-0.05, 0) is 36.2 Å². The van der Waals surface area contributed by atoms with E-state index in [1.54, 1.807) is 17.0 Å². The molecule has 2 amide bonds. The topological polar surface area (TPSA) is 51.4 Å². The molecule has 1 fully saturated rings. The minimum absolute atomic E-state index is 0.170. The molecule has 0 bridgehead atoms. The second-order valence-corrected chi connectivity index (χ2v) is 6.88. The summed E-state index contributed by atoms with van der Waals surface area (Å²) in [7, 11) is 0. The van der Waals surface area contributed by atoms with Gasteiger partial charge in [0.15, 0.2) is 0 Å². The Morgan fingerprint density at radius 3 is 2.70 bits per heavy atom. The number of para-hydroxylation sites is 1. The number of rotatable bonds is 4. The van der Waals surface area contributed by atoms with Gasteiger partial charge in [-0.3, -0.25) is 4.90 Å². The molecule has 140 valence electrons. The Kier molecular flexibility index (Phi) is 5.07. The Labute approximate surface area is 157 Å². The zero-order chi connectivity index (χ0) is 18.6. The summed E-state index contributed by atoms with van der Waals surface area (Å²) in [6, 6.07) is 14.2. The molecular formula is C21H23FN4O. The van der Waals surface area contributed by atoms with Crippen LogP contribution in [-0.4, -0.2) is 53.5 Å². The number of amides is 2. The summed E-state index contributed by atoms with van der Waals surface area (Å²) in [5, 5.41) is 4.05. The number of nitrogens with one attached hydrogen (secondary N) is 2. The SMILES string of the molecule is O=C(Nc1cccc(F)c1)N1CCN(CCc2c[nH]c3ccccc23)CC1. The van der Waals surface area contributed by atoms with Crippen LogP contribution in [0, 0.1) is 5.82 Å². The smallest absolute Gasteiger partial charge is 0.321 e. The molecule has 2 N–H and O–H groups in total. The van der Waals surface area contributed by atoms with Gasteiger partial charge in [-0.15, -0.1) is 0 Å². The van der Waals surface area contributed by atoms with Crippen LogP contribution in [0.2, 0.25) is 0 Å². The molecular weight excluding hydrogens is 343 g/mol. The predicted molar refractivity (Wildman–Crippen MR) is 105 cm³/mol. The third kappa shape index (κ3) is 4.11. The fraction of sp³-hybridized carbons (Fsp3) is 0.286. The van der Waals surface area contributed by atoms with Gasteiger partial charge in [-0.25, -0.2) is 9.18 Å². The fourth-order valence-electron chi connectivity index (χ4n) is 3.56. The van der Waals surface area contributed by atoms with E-state index in [0.717, 1.165) is 26.1 Å². The molecule has 5 nitrogen and oxygen atoms in total. The van der Waals surface area contributed by atoms with E-state index in [4.69, 9.17) is 0 Å². The monoisotopic (exact) mass is 366 g/mol. The number of benzene rings is 2. The van der Waals surface area contributed by atoms with Gasteiger partial charge in [-0.1, -0.05) is 24.3 Å². The Morgan fingerprint density at radius 2 is 1.89 bits per heavy atom. The molecule has 2 aromatic carbocycles. The molecule has 0 radical (unpaired) electrons. The summed E-state index contributed by atoms with van der Waals surface area (Å²) in [5.41, 5.74) is 2.99. The average molecular weight is 366 g/mol. The maximum Gasteiger partial charge on any atom is 0.321 e. The van der Waals surface area contributed by atoms with Crippen LogP contribution in [0.3, 0.4) is 0 Å². The summed E-state index contributed by atoms with van der Waals surface area (Å²) < 4.78 is 13.2. The van der Waals surface area contributed by atoms with Crippen molar-refractivity contribution in [2.45, 2.75) is 6.42 Å². The number of carbonyl (C=O) groups is 1. The van der Waals surface area contributed by atoms with E-state index >= 15 is 0 Å². The number of urea groups is 1. The number of carbonyl (C=O) groups excluding carboxylic acids is 1. The molecule has 0 unspecified atom stereocenters. The Morgan fingerprint density at radius 1 is 1.07 bits per heavy atom. The van der Waals surface area contributed by atoms with Crippen LogP contribution in [0.25, 0.3) is 10.9 Å². The van der Waals surface area contributed by atoms with Gasteiger partial charge in [0.1, 0.15) is 5.82 Å². The molecule has 1 aliphatic rings. The number of aromatic amines is 1. The lowest BCUT2D eigenvalue weighted by Gasteiger charge is -2.34. The van der Waals surface area contributed by atoms with Crippen LogP contribution in [0.15, 0.2) is 54.7 Å². The van der Waals surface area contributed by atoms with E-state index in [1.807, 2.05) is 6.07 Å². The Hall–Kier alpha value is -2.86. The van der Waals surface area contributed by atoms with Crippen molar-refractivity contribution >= 4 is 22.6 Å². The van der Waals surface area contributed by atoms with Crippen LogP contribution >= 0.6 is 0 Å². The van der Waals surface area contributed by atoms with Crippen LogP contribution in [-0.2, 0) is 6.42 Å². The lowest BCUT2D eigenvalue weighted by Crippen LogP contribution is -2.50. The average Bonchev–Trinajstić information content (AvgIpc) is 3.10. The van der Waals surface area contributed by atoms with Crippen LogP contribution < -0.4 is 5.32 Å². The van der Waals surface area contributed by atoms with E-state index in [1.165, 1.54) is 28.6 Å². The first-order chi connectivity index (χ1) is 13.2. The number of hydrogen-bond acceptors (Lipinski definition) is 2. The van der Waals surface area contributed by atoms with Crippen molar-refractivity contribution < 1.29 is 9.18 Å². The molecule has 0 atom stereocenters. The molecule has 1 aromatic heterocycles. The molecule has 4 rings (SSSR count). The van der Waals surface area contributed by atoms with Crippen molar-refractivity contribution in [1.82, 2.24) is 14.8 Å². The minimum atomic E-state index is -0.352. The lowest BCUT2D eigenvalue weighted by molar-refractivity contribution is 0.148. The fourth-order valence-corrected chi connectivity index (χ4v) is 3.56. The normalized spacial score (nSPS) is 15.2. The first kappa shape index (κ1) is 17.5. The summed E-state index contributed by atoms with van der Waals surface area (Å²) >= 11 is 0. The second kappa shape index (κ2) is 7.80. The van der Waals surface area contributed by atoms with Crippen molar-refractivity contribution in [2.24, 2.45) is 0 Å². The van der Waals surface area contributed by atoms with Crippen LogP contribution in [0.5, 0.6) is 0 Å². The molecule has 6 heteroatoms. The van der Waals surface area contributed by atoms with Crippen molar-refractivity contribution in [3.8, 4) is 0 Å². The number of fused-ring (bicyclic) bond motifs is 1. The summed E-state index contributed by atoms with van der Waals surface area (Å²) in [4.78, 5) is 19.8. The third-order valence-corrected chi connectivity index (χ3v) is 5.11. The Balaban J connectivity index is 1.27. The standard InChI is InChI=1S/C21H23FN4O/c22-17-4-3-5-18(14-17)24-21(27)26-12-10-25(11-13-26)9-8-16-15-23-20-7-2-1-6-19(16)20/h1-7,14-15,23H,8-13H2,(H,24,27). The lowest BCUT2D eigenvalue weighted by atomic mass is 10.1. The number of anilines is 1. The van der Waals surface area contributed by atoms with Gasteiger partial charge in [0.25, 0.3) is 0 Å². The number of hydrogen-bond donors (Lipinski definition) is 2. The highest BCUT2D eigenvalue weighted by Crippen LogP contribution is 2.18. The number of halogens is 1. The molecule has 1 aliphatic heterocycles. The zero-order valence-corrected chi connectivity index (χ0v) is 15.1. The first-order valence-corrected chi connectivity index (χ1v) is 9.28. The molecule has 27 heavy (non-hydrogen) atoms. The maximum absolute atomic E-state index is 13.2. The maximum atomic E-state index is 13.2. The van der Waals surface area contributed by atoms with Gasteiger partial charge in [0, 0.05) is 55.5 Å². The first-order valence-electron chi connectivity index (χ1n) is 9.28. The number of nitrogens with zero attached hydrogens (tertiary/aromatic N) is 2. The van der Waals surface area contributed by atoms with Gasteiger partial charge in [-0.2, -0.15) is 0 Å². The van der Waals surface area contributed by atoms with E-state index in [-0.39, 0.29) is 11.8 Å². The second-order valence-electron chi connectivity index (χ2n) is 6.88. The van der Waals surface area contributed by atoms with E-state index in [2.05, 4.69) is 39.6 Å². The summed E-state index contributed by atoms with van der Waals surface area (Å²) in [5.74, 6) is -0.352. The molecule has 3 aromatic rings. The highest BCUT2D eigenvalue weighted by Gasteiger charge is 2.21. The van der Waals surface area contributed by atoms with Crippen LogP contribution in [0.1, 0.15) is 5.56 Å². The zero-order valence-electron chi connectivity index (χ0n) is 15.1. The highest BCUT2D eigenvalue weighted by molar-refractivity contribution is 5.89. The quantitative estimate of drug-likeness (QED) is 0.740. The van der Waals surface area contributed by atoms with Crippen molar-refractivity contribution in [1.29, 1.82) is 0 Å². The summed E-state index contributed by atoms with van der Waals surface area (Å²) in [6.07, 6.45) is 3.08. The number of H-pyrrole nitrogens is 1. The van der Waals surface area contributed by atoms with E-state index in [0.29, 0.717) is 18.8 Å². The van der Waals surface area contributed by atoms with Gasteiger partial charge < -0.3 is 15.2 Å². The van der Waals surface area contributed by atoms with Gasteiger partial charge in [0.05, 0.1) is 0 Å². The van der Waals surface area contributed by atoms with Crippen molar-refractivity contribution in [3.63, 3.8) is 0 Å². The van der Waals surface area contributed by atoms with E-state index < -0.39 is 0 Å². The largest absolute Gasteiger partial charge is 0.361 e.